The van der Waals surface area contributed by atoms with Crippen molar-refractivity contribution in [1.29, 1.82) is 0 Å². The van der Waals surface area contributed by atoms with Crippen LogP contribution in [0.15, 0.2) is 11.6 Å². The first-order valence-electron chi connectivity index (χ1n) is 13.1. The van der Waals surface area contributed by atoms with Gasteiger partial charge in [0.1, 0.15) is 10.8 Å². The molecular weight excluding hydrogens is 432 g/mol. The van der Waals surface area contributed by atoms with Gasteiger partial charge in [-0.3, -0.25) is 9.59 Å². The van der Waals surface area contributed by atoms with Crippen molar-refractivity contribution in [2.45, 2.75) is 91.2 Å². The summed E-state index contributed by atoms with van der Waals surface area (Å²) in [6.45, 7) is 7.62. The Balaban J connectivity index is 1.28. The Kier molecular flexibility index (Phi) is 6.22. The molecular formula is C27H40N2O3S. The zero-order chi connectivity index (χ0) is 23.4. The second-order valence-corrected chi connectivity index (χ2v) is 13.1. The largest absolute Gasteiger partial charge is 0.393 e. The number of carbonyl (C=O) groups is 2. The maximum atomic E-state index is 13.5. The fraction of sp³-hybridized carbons (Fsp3) is 0.815. The first-order valence-corrected chi connectivity index (χ1v) is 14.0. The van der Waals surface area contributed by atoms with Gasteiger partial charge in [0, 0.05) is 30.3 Å². The van der Waals surface area contributed by atoms with Crippen LogP contribution in [0, 0.1) is 46.3 Å². The average Bonchev–Trinajstić information content (AvgIpc) is 3.41. The maximum Gasteiger partial charge on any atom is 0.220 e. The van der Waals surface area contributed by atoms with E-state index in [4.69, 9.17) is 0 Å². The lowest BCUT2D eigenvalue weighted by Crippen LogP contribution is -2.57. The predicted molar refractivity (Wildman–Crippen MR) is 129 cm³/mol. The summed E-state index contributed by atoms with van der Waals surface area (Å²) in [4.78, 5) is 30.4. The molecule has 33 heavy (non-hydrogen) atoms. The zero-order valence-electron chi connectivity index (χ0n) is 20.4. The monoisotopic (exact) mass is 472 g/mol. The summed E-state index contributed by atoms with van der Waals surface area (Å²) in [5, 5.41) is 16.2. The summed E-state index contributed by atoms with van der Waals surface area (Å²) in [5.74, 6) is 2.89. The van der Waals surface area contributed by atoms with Crippen molar-refractivity contribution in [3.63, 3.8) is 0 Å². The minimum atomic E-state index is -0.222. The Labute approximate surface area is 202 Å². The van der Waals surface area contributed by atoms with Crippen molar-refractivity contribution in [2.24, 2.45) is 46.3 Å². The third-order valence-corrected chi connectivity index (χ3v) is 11.4. The van der Waals surface area contributed by atoms with Gasteiger partial charge in [0.05, 0.1) is 12.6 Å². The number of carbonyl (C=O) groups excluding carboxylic acids is 2. The maximum absolute atomic E-state index is 13.5. The van der Waals surface area contributed by atoms with E-state index in [9.17, 15) is 14.7 Å². The molecule has 0 bridgehead atoms. The van der Waals surface area contributed by atoms with Crippen LogP contribution in [0.1, 0.15) is 83.6 Å². The molecule has 5 nitrogen and oxygen atoms in total. The molecule has 1 aromatic heterocycles. The number of ketones is 1. The van der Waals surface area contributed by atoms with Crippen LogP contribution in [-0.2, 0) is 16.1 Å². The van der Waals surface area contributed by atoms with Crippen molar-refractivity contribution < 1.29 is 14.7 Å². The summed E-state index contributed by atoms with van der Waals surface area (Å²) in [6.07, 6.45) is 10.1. The molecule has 6 heteroatoms. The standard InChI is InChI=1S/C27H40N2O3S/c1-16(12-23(32)29-15-24-28-10-11-33-24)19-4-5-20-25-21(7-9-27(19,20)3)26(2)8-6-18(30)13-17(26)14-22(25)31/h10-11,16-21,25,30H,4-9,12-15H2,1-3H3,(H,29,32)/t16-,17+,18-,19-,20+,21+,25+,26+,27-/m1/s1. The molecule has 4 aliphatic rings. The van der Waals surface area contributed by atoms with Gasteiger partial charge in [0.25, 0.3) is 0 Å². The number of thiazole rings is 1. The SMILES string of the molecule is C[C@H](CC(=O)NCc1nccs1)[C@H]1CC[C@H]2[C@@H]3C(=O)C[C@@H]4C[C@H](O)CC[C@]4(C)[C@H]3CC[C@]12C. The molecule has 9 atom stereocenters. The van der Waals surface area contributed by atoms with Gasteiger partial charge in [-0.1, -0.05) is 20.8 Å². The highest BCUT2D eigenvalue weighted by Crippen LogP contribution is 2.67. The number of nitrogens with one attached hydrogen (secondary N) is 1. The summed E-state index contributed by atoms with van der Waals surface area (Å²) < 4.78 is 0. The van der Waals surface area contributed by atoms with Gasteiger partial charge in [-0.15, -0.1) is 11.3 Å². The summed E-state index contributed by atoms with van der Waals surface area (Å²) in [5.41, 5.74) is 0.363. The van der Waals surface area contributed by atoms with E-state index in [0.29, 0.717) is 54.8 Å². The van der Waals surface area contributed by atoms with E-state index in [2.05, 4.69) is 31.1 Å². The van der Waals surface area contributed by atoms with Crippen molar-refractivity contribution >= 4 is 23.0 Å². The van der Waals surface area contributed by atoms with Crippen LogP contribution >= 0.6 is 11.3 Å². The van der Waals surface area contributed by atoms with Crippen LogP contribution in [-0.4, -0.2) is 27.9 Å². The molecule has 4 aliphatic carbocycles. The lowest BCUT2D eigenvalue weighted by molar-refractivity contribution is -0.161. The highest BCUT2D eigenvalue weighted by atomic mass is 32.1. The van der Waals surface area contributed by atoms with E-state index < -0.39 is 0 Å². The summed E-state index contributed by atoms with van der Waals surface area (Å²) >= 11 is 1.57. The molecule has 5 rings (SSSR count). The van der Waals surface area contributed by atoms with Crippen molar-refractivity contribution in [3.8, 4) is 0 Å². The fourth-order valence-corrected chi connectivity index (χ4v) is 9.46. The molecule has 0 aromatic carbocycles. The molecule has 182 valence electrons. The molecule has 0 unspecified atom stereocenters. The summed E-state index contributed by atoms with van der Waals surface area (Å²) in [6, 6.07) is 0. The van der Waals surface area contributed by atoms with Gasteiger partial charge in [0.2, 0.25) is 5.91 Å². The number of Topliss-reactive ketones (excluding diaryl/α,β-unsaturated/α-hetero) is 1. The van der Waals surface area contributed by atoms with E-state index in [1.165, 1.54) is 6.42 Å². The topological polar surface area (TPSA) is 79.3 Å². The minimum Gasteiger partial charge on any atom is -0.393 e. The predicted octanol–water partition coefficient (Wildman–Crippen LogP) is 4.98. The van der Waals surface area contributed by atoms with Crippen LogP contribution in [0.5, 0.6) is 0 Å². The molecule has 2 N–H and O–H groups in total. The Hall–Kier alpha value is -1.27. The van der Waals surface area contributed by atoms with Gasteiger partial charge in [-0.2, -0.15) is 0 Å². The van der Waals surface area contributed by atoms with Gasteiger partial charge in [-0.05, 0) is 85.4 Å². The van der Waals surface area contributed by atoms with Gasteiger partial charge >= 0.3 is 0 Å². The van der Waals surface area contributed by atoms with Crippen molar-refractivity contribution in [1.82, 2.24) is 10.3 Å². The van der Waals surface area contributed by atoms with E-state index >= 15 is 0 Å². The number of amides is 1. The molecule has 4 fully saturated rings. The number of aliphatic hydroxyl groups excluding tert-OH is 1. The quantitative estimate of drug-likeness (QED) is 0.633. The number of fused-ring (bicyclic) bond motifs is 5. The molecule has 1 aromatic rings. The van der Waals surface area contributed by atoms with Gasteiger partial charge in [-0.25, -0.2) is 4.98 Å². The van der Waals surface area contributed by atoms with E-state index in [1.54, 1.807) is 17.5 Å². The van der Waals surface area contributed by atoms with E-state index in [-0.39, 0.29) is 28.8 Å². The number of rotatable bonds is 5. The molecule has 0 saturated heterocycles. The number of hydrogen-bond acceptors (Lipinski definition) is 5. The lowest BCUT2D eigenvalue weighted by atomic mass is 9.44. The Bertz CT molecular complexity index is 888. The minimum absolute atomic E-state index is 0.114. The average molecular weight is 473 g/mol. The second kappa shape index (κ2) is 8.75. The van der Waals surface area contributed by atoms with Crippen molar-refractivity contribution in [2.75, 3.05) is 0 Å². The normalized spacial score (nSPS) is 43.3. The summed E-state index contributed by atoms with van der Waals surface area (Å²) in [7, 11) is 0. The number of hydrogen-bond donors (Lipinski definition) is 2. The van der Waals surface area contributed by atoms with E-state index in [0.717, 1.165) is 43.5 Å². The molecule has 0 aliphatic heterocycles. The highest BCUT2D eigenvalue weighted by molar-refractivity contribution is 7.09. The fourth-order valence-electron chi connectivity index (χ4n) is 8.91. The van der Waals surface area contributed by atoms with Crippen LogP contribution < -0.4 is 5.32 Å². The molecule has 4 saturated carbocycles. The molecule has 1 amide bonds. The number of nitrogens with zero attached hydrogens (tertiary/aromatic N) is 1. The smallest absolute Gasteiger partial charge is 0.220 e. The number of aromatic nitrogens is 1. The van der Waals surface area contributed by atoms with Crippen LogP contribution in [0.2, 0.25) is 0 Å². The first kappa shape index (κ1) is 23.5. The third kappa shape index (κ3) is 3.99. The van der Waals surface area contributed by atoms with Crippen LogP contribution in [0.3, 0.4) is 0 Å². The van der Waals surface area contributed by atoms with Crippen LogP contribution in [0.4, 0.5) is 0 Å². The third-order valence-electron chi connectivity index (χ3n) is 10.6. The lowest BCUT2D eigenvalue weighted by Gasteiger charge is -2.60. The van der Waals surface area contributed by atoms with Gasteiger partial charge < -0.3 is 10.4 Å². The Morgan fingerprint density at radius 1 is 1.21 bits per heavy atom. The van der Waals surface area contributed by atoms with Gasteiger partial charge in [0.15, 0.2) is 0 Å². The number of aliphatic hydroxyl groups is 1. The first-order chi connectivity index (χ1) is 15.7. The molecule has 0 radical (unpaired) electrons. The zero-order valence-corrected chi connectivity index (χ0v) is 21.2. The van der Waals surface area contributed by atoms with Crippen LogP contribution in [0.25, 0.3) is 0 Å². The molecule has 0 spiro atoms. The Morgan fingerprint density at radius 2 is 1.97 bits per heavy atom. The van der Waals surface area contributed by atoms with E-state index in [1.807, 2.05) is 5.38 Å². The Morgan fingerprint density at radius 3 is 2.73 bits per heavy atom. The molecule has 1 heterocycles. The highest BCUT2D eigenvalue weighted by Gasteiger charge is 2.63. The van der Waals surface area contributed by atoms with Crippen molar-refractivity contribution in [3.05, 3.63) is 16.6 Å². The second-order valence-electron chi connectivity index (χ2n) is 12.2.